The zero-order chi connectivity index (χ0) is 17.8. The average Bonchev–Trinajstić information content (AvgIpc) is 2.87. The average molecular weight is 373 g/mol. The maximum absolute atomic E-state index is 13.2. The quantitative estimate of drug-likeness (QED) is 0.507. The van der Waals surface area contributed by atoms with Crippen LogP contribution >= 0.6 is 11.6 Å². The van der Waals surface area contributed by atoms with Crippen LogP contribution in [0.25, 0.3) is 10.8 Å². The largest absolute Gasteiger partial charge is 0.386 e. The van der Waals surface area contributed by atoms with Crippen LogP contribution in [0, 0.1) is 0 Å². The van der Waals surface area contributed by atoms with Crippen molar-refractivity contribution in [2.45, 2.75) is 9.79 Å². The Bertz CT molecular complexity index is 1160. The van der Waals surface area contributed by atoms with Gasteiger partial charge in [0, 0.05) is 10.4 Å². The van der Waals surface area contributed by atoms with Gasteiger partial charge in [0.15, 0.2) is 0 Å². The van der Waals surface area contributed by atoms with Gasteiger partial charge in [-0.05, 0) is 35.7 Å². The predicted octanol–water partition coefficient (Wildman–Crippen LogP) is 3.64. The fraction of sp³-hybridized carbons (Fsp3) is 0. The molecule has 3 aromatic carbocycles. The van der Waals surface area contributed by atoms with Gasteiger partial charge in [-0.3, -0.25) is 0 Å². The Morgan fingerprint density at radius 1 is 0.880 bits per heavy atom. The summed E-state index contributed by atoms with van der Waals surface area (Å²) in [4.78, 5) is 23.8. The number of sulfone groups is 1. The zero-order valence-corrected chi connectivity index (χ0v) is 14.1. The Kier molecular flexibility index (Phi) is 3.42. The van der Waals surface area contributed by atoms with Gasteiger partial charge >= 0.3 is 11.9 Å². The number of fused-ring (bicyclic) bond motifs is 2. The molecular weight excluding hydrogens is 364 g/mol. The number of benzene rings is 3. The summed E-state index contributed by atoms with van der Waals surface area (Å²) in [6.07, 6.45) is 0. The summed E-state index contributed by atoms with van der Waals surface area (Å²) in [5, 5.41) is 1.26. The summed E-state index contributed by atoms with van der Waals surface area (Å²) < 4.78 is 31.0. The van der Waals surface area contributed by atoms with Crippen molar-refractivity contribution in [1.29, 1.82) is 0 Å². The lowest BCUT2D eigenvalue weighted by Crippen LogP contribution is -2.09. The van der Waals surface area contributed by atoms with E-state index < -0.39 is 21.8 Å². The van der Waals surface area contributed by atoms with Crippen LogP contribution in [-0.2, 0) is 14.6 Å². The van der Waals surface area contributed by atoms with Crippen molar-refractivity contribution >= 4 is 44.1 Å². The molecule has 0 amide bonds. The first-order valence-electron chi connectivity index (χ1n) is 7.22. The molecule has 0 saturated carbocycles. The van der Waals surface area contributed by atoms with E-state index in [4.69, 9.17) is 11.6 Å². The molecule has 4 rings (SSSR count). The number of hydrogen-bond acceptors (Lipinski definition) is 5. The van der Waals surface area contributed by atoms with Crippen molar-refractivity contribution in [3.63, 3.8) is 0 Å². The number of carbonyl (C=O) groups is 2. The van der Waals surface area contributed by atoms with Gasteiger partial charge in [0.1, 0.15) is 0 Å². The maximum atomic E-state index is 13.2. The summed E-state index contributed by atoms with van der Waals surface area (Å²) >= 11 is 5.83. The Morgan fingerprint density at radius 3 is 2.28 bits per heavy atom. The first-order chi connectivity index (χ1) is 11.9. The molecule has 5 nitrogen and oxygen atoms in total. The minimum absolute atomic E-state index is 0.0254. The normalized spacial score (nSPS) is 13.8. The summed E-state index contributed by atoms with van der Waals surface area (Å²) in [5.41, 5.74) is -0.269. The lowest BCUT2D eigenvalue weighted by Gasteiger charge is -2.11. The van der Waals surface area contributed by atoms with Crippen molar-refractivity contribution in [1.82, 2.24) is 0 Å². The van der Waals surface area contributed by atoms with Gasteiger partial charge < -0.3 is 4.74 Å². The molecule has 0 atom stereocenters. The fourth-order valence-corrected chi connectivity index (χ4v) is 4.67. The predicted molar refractivity (Wildman–Crippen MR) is 90.6 cm³/mol. The van der Waals surface area contributed by atoms with Gasteiger partial charge in [-0.2, -0.15) is 0 Å². The van der Waals surface area contributed by atoms with E-state index in [0.29, 0.717) is 15.8 Å². The van der Waals surface area contributed by atoms with Crippen LogP contribution < -0.4 is 0 Å². The van der Waals surface area contributed by atoms with Crippen LogP contribution in [-0.4, -0.2) is 20.4 Å². The van der Waals surface area contributed by atoms with Crippen molar-refractivity contribution < 1.29 is 22.7 Å². The maximum Gasteiger partial charge on any atom is 0.348 e. The summed E-state index contributed by atoms with van der Waals surface area (Å²) in [6, 6.07) is 13.7. The summed E-state index contributed by atoms with van der Waals surface area (Å²) in [6.45, 7) is 0. The molecule has 0 N–H and O–H groups in total. The first kappa shape index (κ1) is 15.8. The van der Waals surface area contributed by atoms with Crippen molar-refractivity contribution in [2.75, 3.05) is 0 Å². The highest BCUT2D eigenvalue weighted by Crippen LogP contribution is 2.37. The summed E-state index contributed by atoms with van der Waals surface area (Å²) in [5.74, 6) is -1.81. The Labute approximate surface area is 147 Å². The SMILES string of the molecule is O=C1OC(=O)c2c1cc1ccccc1c2S(=O)(=O)c1ccc(Cl)cc1. The highest BCUT2D eigenvalue weighted by atomic mass is 35.5. The zero-order valence-electron chi connectivity index (χ0n) is 12.5. The lowest BCUT2D eigenvalue weighted by atomic mass is 10.0. The number of carbonyl (C=O) groups excluding carboxylic acids is 2. The molecule has 25 heavy (non-hydrogen) atoms. The minimum atomic E-state index is -4.08. The van der Waals surface area contributed by atoms with Crippen molar-refractivity contribution in [2.24, 2.45) is 0 Å². The number of rotatable bonds is 2. The minimum Gasteiger partial charge on any atom is -0.386 e. The molecule has 0 spiro atoms. The second-order valence-electron chi connectivity index (χ2n) is 5.48. The second kappa shape index (κ2) is 5.40. The molecule has 0 saturated heterocycles. The Hall–Kier alpha value is -2.70. The van der Waals surface area contributed by atoms with Crippen molar-refractivity contribution in [3.8, 4) is 0 Å². The molecule has 0 aromatic heterocycles. The van der Waals surface area contributed by atoms with Crippen LogP contribution in [0.1, 0.15) is 20.7 Å². The fourth-order valence-electron chi connectivity index (χ4n) is 2.88. The number of ether oxygens (including phenoxy) is 1. The van der Waals surface area contributed by atoms with E-state index in [1.54, 1.807) is 24.3 Å². The Morgan fingerprint density at radius 2 is 1.56 bits per heavy atom. The van der Waals surface area contributed by atoms with Gasteiger partial charge in [0.25, 0.3) is 0 Å². The van der Waals surface area contributed by atoms with Crippen LogP contribution in [0.5, 0.6) is 0 Å². The molecule has 0 unspecified atom stereocenters. The molecule has 0 bridgehead atoms. The molecular formula is C18H9ClO5S. The summed E-state index contributed by atoms with van der Waals surface area (Å²) in [7, 11) is -4.08. The third-order valence-electron chi connectivity index (χ3n) is 4.00. The smallest absolute Gasteiger partial charge is 0.348 e. The molecule has 124 valence electrons. The molecule has 1 aliphatic rings. The molecule has 7 heteroatoms. The van der Waals surface area contributed by atoms with E-state index in [0.717, 1.165) is 0 Å². The number of halogens is 1. The van der Waals surface area contributed by atoms with Gasteiger partial charge in [0.05, 0.1) is 20.9 Å². The molecule has 0 radical (unpaired) electrons. The van der Waals surface area contributed by atoms with Gasteiger partial charge in [0.2, 0.25) is 9.84 Å². The molecule has 3 aromatic rings. The second-order valence-corrected chi connectivity index (χ2v) is 7.81. The van der Waals surface area contributed by atoms with Gasteiger partial charge in [-0.25, -0.2) is 18.0 Å². The van der Waals surface area contributed by atoms with Gasteiger partial charge in [-0.1, -0.05) is 35.9 Å². The molecule has 0 fully saturated rings. The van der Waals surface area contributed by atoms with Crippen LogP contribution in [0.2, 0.25) is 5.02 Å². The Balaban J connectivity index is 2.14. The van der Waals surface area contributed by atoms with E-state index >= 15 is 0 Å². The van der Waals surface area contributed by atoms with E-state index in [-0.39, 0.29) is 20.9 Å². The monoisotopic (exact) mass is 372 g/mol. The molecule has 0 aliphatic carbocycles. The molecule has 1 aliphatic heterocycles. The van der Waals surface area contributed by atoms with E-state index in [2.05, 4.69) is 4.74 Å². The number of esters is 2. The van der Waals surface area contributed by atoms with Gasteiger partial charge in [-0.15, -0.1) is 0 Å². The van der Waals surface area contributed by atoms with Crippen molar-refractivity contribution in [3.05, 3.63) is 70.7 Å². The standard InChI is InChI=1S/C18H9ClO5S/c19-11-5-7-12(8-6-11)25(22,23)16-13-4-2-1-3-10(13)9-14-15(16)18(21)24-17(14)20/h1-9H. The number of cyclic esters (lactones) is 2. The first-order valence-corrected chi connectivity index (χ1v) is 9.08. The molecule has 1 heterocycles. The van der Waals surface area contributed by atoms with E-state index in [9.17, 15) is 18.0 Å². The van der Waals surface area contributed by atoms with Crippen LogP contribution in [0.4, 0.5) is 0 Å². The highest BCUT2D eigenvalue weighted by Gasteiger charge is 2.38. The van der Waals surface area contributed by atoms with E-state index in [1.165, 1.54) is 30.3 Å². The topological polar surface area (TPSA) is 77.5 Å². The number of hydrogen-bond donors (Lipinski definition) is 0. The van der Waals surface area contributed by atoms with E-state index in [1.807, 2.05) is 0 Å². The van der Waals surface area contributed by atoms with Crippen LogP contribution in [0.3, 0.4) is 0 Å². The third-order valence-corrected chi connectivity index (χ3v) is 6.11. The third kappa shape index (κ3) is 2.33. The lowest BCUT2D eigenvalue weighted by molar-refractivity contribution is 0.0442. The van der Waals surface area contributed by atoms with Crippen LogP contribution in [0.15, 0.2) is 64.4 Å². The highest BCUT2D eigenvalue weighted by molar-refractivity contribution is 7.91.